The molecule has 0 spiro atoms. The van der Waals surface area contributed by atoms with Gasteiger partial charge >= 0.3 is 5.97 Å². The number of carbonyl (C=O) groups excluding carboxylic acids is 1. The molecule has 0 aromatic carbocycles. The molecular formula is C22H42O3Si. The van der Waals surface area contributed by atoms with Crippen LogP contribution in [0.25, 0.3) is 0 Å². The molecule has 0 aliphatic heterocycles. The number of aliphatic hydroxyl groups is 1. The van der Waals surface area contributed by atoms with E-state index in [0.717, 1.165) is 37.3 Å². The minimum atomic E-state index is -1.41. The molecule has 0 aromatic heterocycles. The lowest BCUT2D eigenvalue weighted by atomic mass is 9.62. The molecule has 0 radical (unpaired) electrons. The Bertz CT molecular complexity index is 507. The summed E-state index contributed by atoms with van der Waals surface area (Å²) in [6.07, 6.45) is 5.92. The Balaban J connectivity index is 3.09. The molecule has 0 unspecified atom stereocenters. The molecule has 1 fully saturated rings. The van der Waals surface area contributed by atoms with Gasteiger partial charge in [-0.1, -0.05) is 40.4 Å². The topological polar surface area (TPSA) is 46.5 Å². The summed E-state index contributed by atoms with van der Waals surface area (Å²) in [5.74, 6) is 0.481. The zero-order valence-electron chi connectivity index (χ0n) is 18.7. The Morgan fingerprint density at radius 1 is 1.12 bits per heavy atom. The van der Waals surface area contributed by atoms with Gasteiger partial charge in [0.1, 0.15) is 0 Å². The minimum absolute atomic E-state index is 0.146. The van der Waals surface area contributed by atoms with Crippen LogP contribution in [0.15, 0.2) is 11.8 Å². The highest BCUT2D eigenvalue weighted by molar-refractivity contribution is 6.76. The lowest BCUT2D eigenvalue weighted by Gasteiger charge is -2.45. The summed E-state index contributed by atoms with van der Waals surface area (Å²) < 4.78 is 5.60. The first-order valence-corrected chi connectivity index (χ1v) is 13.8. The van der Waals surface area contributed by atoms with Crippen LogP contribution >= 0.6 is 0 Å². The van der Waals surface area contributed by atoms with E-state index >= 15 is 0 Å². The fraction of sp³-hybridized carbons (Fsp3) is 0.864. The monoisotopic (exact) mass is 382 g/mol. The maximum absolute atomic E-state index is 12.3. The fourth-order valence-electron chi connectivity index (χ4n) is 3.84. The quantitative estimate of drug-likeness (QED) is 0.359. The Labute approximate surface area is 162 Å². The van der Waals surface area contributed by atoms with Crippen molar-refractivity contribution in [2.75, 3.05) is 6.61 Å². The van der Waals surface area contributed by atoms with E-state index in [1.54, 1.807) is 6.26 Å². The molecule has 0 heterocycles. The number of rotatable bonds is 5. The van der Waals surface area contributed by atoms with Gasteiger partial charge in [0.2, 0.25) is 0 Å². The second-order valence-corrected chi connectivity index (χ2v) is 17.1. The second kappa shape index (κ2) is 8.18. The molecular weight excluding hydrogens is 340 g/mol. The average molecular weight is 383 g/mol. The highest BCUT2D eigenvalue weighted by atomic mass is 28.3. The number of carbonyl (C=O) groups is 1. The standard InChI is InChI=1S/C22H42O3Si/c1-20(2,3)17-10-12-22(16-23,13-11-17)18(15-26(7,8)9)14-25-19(24)21(4,5)6/h14,17,23H,10-13,15-16H2,1-9H3/b18-14+. The van der Waals surface area contributed by atoms with Gasteiger partial charge in [0, 0.05) is 13.5 Å². The highest BCUT2D eigenvalue weighted by Crippen LogP contribution is 2.50. The van der Waals surface area contributed by atoms with Crippen LogP contribution in [-0.2, 0) is 9.53 Å². The van der Waals surface area contributed by atoms with Crippen LogP contribution in [0.4, 0.5) is 0 Å². The maximum atomic E-state index is 12.3. The van der Waals surface area contributed by atoms with Crippen LogP contribution in [0.2, 0.25) is 25.7 Å². The van der Waals surface area contributed by atoms with Crippen LogP contribution < -0.4 is 0 Å². The first-order valence-electron chi connectivity index (χ1n) is 10.1. The third kappa shape index (κ3) is 6.52. The van der Waals surface area contributed by atoms with Crippen molar-refractivity contribution in [1.82, 2.24) is 0 Å². The number of esters is 1. The van der Waals surface area contributed by atoms with Crippen LogP contribution in [0.1, 0.15) is 67.2 Å². The Morgan fingerprint density at radius 2 is 1.62 bits per heavy atom. The molecule has 1 aliphatic carbocycles. The number of hydrogen-bond donors (Lipinski definition) is 1. The van der Waals surface area contributed by atoms with E-state index in [-0.39, 0.29) is 18.0 Å². The molecule has 4 heteroatoms. The van der Waals surface area contributed by atoms with Crippen molar-refractivity contribution in [1.29, 1.82) is 0 Å². The predicted octanol–water partition coefficient (Wildman–Crippen LogP) is 6.01. The fourth-order valence-corrected chi connectivity index (χ4v) is 5.45. The van der Waals surface area contributed by atoms with Crippen LogP contribution in [0.3, 0.4) is 0 Å². The Hall–Kier alpha value is -0.613. The molecule has 3 nitrogen and oxygen atoms in total. The molecule has 1 N–H and O–H groups in total. The minimum Gasteiger partial charge on any atom is -0.434 e. The summed E-state index contributed by atoms with van der Waals surface area (Å²) in [4.78, 5) is 12.3. The SMILES string of the molecule is CC(C)(C)C(=O)O/C=C(\C[Si](C)(C)C)C1(CO)CCC(C(C)(C)C)CC1. The van der Waals surface area contributed by atoms with Crippen molar-refractivity contribution >= 4 is 14.0 Å². The summed E-state index contributed by atoms with van der Waals surface area (Å²) in [5.41, 5.74) is 0.726. The zero-order valence-corrected chi connectivity index (χ0v) is 19.7. The van der Waals surface area contributed by atoms with E-state index in [1.807, 2.05) is 20.8 Å². The summed E-state index contributed by atoms with van der Waals surface area (Å²) in [6, 6.07) is 0.963. The lowest BCUT2D eigenvalue weighted by Crippen LogP contribution is -2.38. The van der Waals surface area contributed by atoms with Crippen molar-refractivity contribution < 1.29 is 14.6 Å². The summed E-state index contributed by atoms with van der Waals surface area (Å²) in [7, 11) is -1.41. The van der Waals surface area contributed by atoms with Gasteiger partial charge in [-0.2, -0.15) is 0 Å². The number of ether oxygens (including phenoxy) is 1. The van der Waals surface area contributed by atoms with Crippen molar-refractivity contribution in [3.05, 3.63) is 11.8 Å². The van der Waals surface area contributed by atoms with E-state index in [1.165, 1.54) is 0 Å². The van der Waals surface area contributed by atoms with Gasteiger partial charge in [-0.3, -0.25) is 4.79 Å². The molecule has 0 saturated heterocycles. The lowest BCUT2D eigenvalue weighted by molar-refractivity contribution is -0.147. The summed E-state index contributed by atoms with van der Waals surface area (Å²) >= 11 is 0. The maximum Gasteiger partial charge on any atom is 0.316 e. The largest absolute Gasteiger partial charge is 0.434 e. The van der Waals surface area contributed by atoms with Crippen molar-refractivity contribution in [2.24, 2.45) is 22.2 Å². The van der Waals surface area contributed by atoms with E-state index in [0.29, 0.717) is 11.3 Å². The molecule has 0 atom stereocenters. The van der Waals surface area contributed by atoms with Gasteiger partial charge in [-0.25, -0.2) is 0 Å². The van der Waals surface area contributed by atoms with E-state index < -0.39 is 13.5 Å². The first kappa shape index (κ1) is 23.4. The van der Waals surface area contributed by atoms with Gasteiger partial charge in [-0.05, 0) is 69.4 Å². The number of aliphatic hydroxyl groups excluding tert-OH is 1. The predicted molar refractivity (Wildman–Crippen MR) is 113 cm³/mol. The number of hydrogen-bond acceptors (Lipinski definition) is 3. The molecule has 152 valence electrons. The average Bonchev–Trinajstić information content (AvgIpc) is 2.48. The zero-order chi connectivity index (χ0) is 20.4. The summed E-state index contributed by atoms with van der Waals surface area (Å²) in [5, 5.41) is 10.4. The van der Waals surface area contributed by atoms with E-state index in [4.69, 9.17) is 4.74 Å². The van der Waals surface area contributed by atoms with Gasteiger partial charge in [0.25, 0.3) is 0 Å². The highest BCUT2D eigenvalue weighted by Gasteiger charge is 2.42. The Kier molecular flexibility index (Phi) is 7.37. The molecule has 1 rings (SSSR count). The third-order valence-electron chi connectivity index (χ3n) is 5.79. The Morgan fingerprint density at radius 3 is 1.96 bits per heavy atom. The second-order valence-electron chi connectivity index (χ2n) is 11.6. The van der Waals surface area contributed by atoms with Crippen molar-refractivity contribution in [2.45, 2.75) is 92.9 Å². The molecule has 26 heavy (non-hydrogen) atoms. The molecule has 0 aromatic rings. The van der Waals surface area contributed by atoms with Crippen LogP contribution in [0, 0.1) is 22.2 Å². The van der Waals surface area contributed by atoms with Gasteiger partial charge < -0.3 is 9.84 Å². The van der Waals surface area contributed by atoms with Crippen molar-refractivity contribution in [3.63, 3.8) is 0 Å². The van der Waals surface area contributed by atoms with Crippen LogP contribution in [0.5, 0.6) is 0 Å². The molecule has 0 amide bonds. The third-order valence-corrected chi connectivity index (χ3v) is 7.23. The van der Waals surface area contributed by atoms with Crippen LogP contribution in [-0.4, -0.2) is 25.8 Å². The van der Waals surface area contributed by atoms with Crippen molar-refractivity contribution in [3.8, 4) is 0 Å². The van der Waals surface area contributed by atoms with E-state index in [2.05, 4.69) is 40.4 Å². The molecule has 0 bridgehead atoms. The first-order chi connectivity index (χ1) is 11.6. The molecule has 1 saturated carbocycles. The smallest absolute Gasteiger partial charge is 0.316 e. The van der Waals surface area contributed by atoms with E-state index in [9.17, 15) is 9.90 Å². The van der Waals surface area contributed by atoms with Gasteiger partial charge in [0.15, 0.2) is 0 Å². The normalized spacial score (nSPS) is 25.9. The van der Waals surface area contributed by atoms with Gasteiger partial charge in [-0.15, -0.1) is 0 Å². The van der Waals surface area contributed by atoms with Gasteiger partial charge in [0.05, 0.1) is 18.3 Å². The molecule has 1 aliphatic rings. The summed E-state index contributed by atoms with van der Waals surface area (Å²) in [6.45, 7) is 19.7.